The second-order valence-corrected chi connectivity index (χ2v) is 2.78. The summed E-state index contributed by atoms with van der Waals surface area (Å²) in [7, 11) is 0. The van der Waals surface area contributed by atoms with E-state index in [0.29, 0.717) is 0 Å². The molecule has 0 saturated carbocycles. The van der Waals surface area contributed by atoms with Crippen molar-refractivity contribution in [3.63, 3.8) is 0 Å². The minimum absolute atomic E-state index is 0.264. The monoisotopic (exact) mass is 223 g/mol. The Balaban J connectivity index is 3.19. The predicted octanol–water partition coefficient (Wildman–Crippen LogP) is 2.08. The topological polar surface area (TPSA) is 32.9 Å². The zero-order chi connectivity index (χ0) is 8.43. The highest BCUT2D eigenvalue weighted by molar-refractivity contribution is 9.10. The smallest absolute Gasteiger partial charge is 0.264 e. The number of rotatable bonds is 1. The molecule has 0 radical (unpaired) electrons. The first kappa shape index (κ1) is 8.39. The zero-order valence-corrected chi connectivity index (χ0v) is 6.86. The number of alkyl halides is 2. The summed E-state index contributed by atoms with van der Waals surface area (Å²) in [4.78, 5) is 12.9. The number of nitrogens with one attached hydrogen (secondary N) is 1. The third-order valence-electron chi connectivity index (χ3n) is 1.09. The summed E-state index contributed by atoms with van der Waals surface area (Å²) in [5.74, 6) is 0. The van der Waals surface area contributed by atoms with Gasteiger partial charge in [-0.25, -0.2) is 8.78 Å². The van der Waals surface area contributed by atoms with Crippen molar-refractivity contribution in [1.82, 2.24) is 4.98 Å². The van der Waals surface area contributed by atoms with Crippen LogP contribution in [-0.2, 0) is 0 Å². The van der Waals surface area contributed by atoms with Crippen molar-refractivity contribution in [3.8, 4) is 0 Å². The summed E-state index contributed by atoms with van der Waals surface area (Å²) in [6.45, 7) is 0. The van der Waals surface area contributed by atoms with E-state index in [2.05, 4.69) is 20.9 Å². The third kappa shape index (κ3) is 2.11. The van der Waals surface area contributed by atoms with Crippen LogP contribution < -0.4 is 5.56 Å². The van der Waals surface area contributed by atoms with E-state index in [0.717, 1.165) is 6.07 Å². The van der Waals surface area contributed by atoms with Crippen molar-refractivity contribution < 1.29 is 8.78 Å². The van der Waals surface area contributed by atoms with Crippen LogP contribution in [0.4, 0.5) is 8.78 Å². The second kappa shape index (κ2) is 3.13. The molecule has 0 aliphatic carbocycles. The molecule has 60 valence electrons. The average molecular weight is 224 g/mol. The zero-order valence-electron chi connectivity index (χ0n) is 5.27. The maximum Gasteiger partial charge on any atom is 0.264 e. The molecule has 1 aromatic heterocycles. The van der Waals surface area contributed by atoms with Crippen LogP contribution in [0.25, 0.3) is 0 Å². The SMILES string of the molecule is O=c1cc(C(F)F)cc(Br)[nH]1. The predicted molar refractivity (Wildman–Crippen MR) is 39.7 cm³/mol. The molecule has 2 nitrogen and oxygen atoms in total. The average Bonchev–Trinajstić information content (AvgIpc) is 1.85. The van der Waals surface area contributed by atoms with E-state index in [4.69, 9.17) is 0 Å². The molecule has 1 N–H and O–H groups in total. The Morgan fingerprint density at radius 3 is 2.55 bits per heavy atom. The van der Waals surface area contributed by atoms with E-state index in [1.165, 1.54) is 6.07 Å². The van der Waals surface area contributed by atoms with E-state index in [1.807, 2.05) is 0 Å². The number of pyridine rings is 1. The lowest BCUT2D eigenvalue weighted by molar-refractivity contribution is 0.151. The van der Waals surface area contributed by atoms with E-state index < -0.39 is 12.0 Å². The van der Waals surface area contributed by atoms with Crippen LogP contribution in [0.3, 0.4) is 0 Å². The molecule has 5 heteroatoms. The lowest BCUT2D eigenvalue weighted by Crippen LogP contribution is -2.05. The van der Waals surface area contributed by atoms with Gasteiger partial charge < -0.3 is 4.98 Å². The fourth-order valence-corrected chi connectivity index (χ4v) is 1.11. The molecule has 0 amide bonds. The molecule has 0 fully saturated rings. The minimum atomic E-state index is -2.60. The lowest BCUT2D eigenvalue weighted by Gasteiger charge is -1.97. The Labute approximate surface area is 69.4 Å². The van der Waals surface area contributed by atoms with Gasteiger partial charge in [-0.3, -0.25) is 4.79 Å². The van der Waals surface area contributed by atoms with Crippen molar-refractivity contribution in [2.24, 2.45) is 0 Å². The van der Waals surface area contributed by atoms with Crippen LogP contribution in [0, 0.1) is 0 Å². The Kier molecular flexibility index (Phi) is 2.38. The highest BCUT2D eigenvalue weighted by Crippen LogP contribution is 2.18. The fourth-order valence-electron chi connectivity index (χ4n) is 0.655. The number of halogens is 3. The summed E-state index contributed by atoms with van der Waals surface area (Å²) in [5, 5.41) is 0. The summed E-state index contributed by atoms with van der Waals surface area (Å²) in [6.07, 6.45) is -2.60. The molecule has 0 aliphatic rings. The molecule has 1 heterocycles. The summed E-state index contributed by atoms with van der Waals surface area (Å²) in [5.41, 5.74) is -0.810. The molecule has 0 bridgehead atoms. The van der Waals surface area contributed by atoms with Crippen molar-refractivity contribution in [1.29, 1.82) is 0 Å². The molecule has 1 rings (SSSR count). The van der Waals surface area contributed by atoms with Gasteiger partial charge in [0.2, 0.25) is 5.56 Å². The largest absolute Gasteiger partial charge is 0.317 e. The Morgan fingerprint density at radius 2 is 2.09 bits per heavy atom. The number of H-pyrrole nitrogens is 1. The van der Waals surface area contributed by atoms with Crippen LogP contribution in [0.1, 0.15) is 12.0 Å². The van der Waals surface area contributed by atoms with Crippen molar-refractivity contribution in [2.45, 2.75) is 6.43 Å². The Hall–Kier alpha value is -0.710. The van der Waals surface area contributed by atoms with E-state index in [-0.39, 0.29) is 10.2 Å². The first-order valence-corrected chi connectivity index (χ1v) is 3.57. The minimum Gasteiger partial charge on any atom is -0.317 e. The van der Waals surface area contributed by atoms with Crippen LogP contribution >= 0.6 is 15.9 Å². The first-order valence-electron chi connectivity index (χ1n) is 2.77. The molecule has 0 atom stereocenters. The Bertz CT molecular complexity index is 310. The first-order chi connectivity index (χ1) is 5.09. The number of aromatic nitrogens is 1. The number of hydrogen-bond donors (Lipinski definition) is 1. The van der Waals surface area contributed by atoms with Crippen LogP contribution in [-0.4, -0.2) is 4.98 Å². The summed E-state index contributed by atoms with van der Waals surface area (Å²) >= 11 is 2.89. The summed E-state index contributed by atoms with van der Waals surface area (Å²) in [6, 6.07) is 2.04. The van der Waals surface area contributed by atoms with Crippen LogP contribution in [0.15, 0.2) is 21.5 Å². The van der Waals surface area contributed by atoms with Crippen molar-refractivity contribution in [3.05, 3.63) is 32.7 Å². The molecule has 0 aliphatic heterocycles. The highest BCUT2D eigenvalue weighted by Gasteiger charge is 2.07. The van der Waals surface area contributed by atoms with Gasteiger partial charge in [0.05, 0.1) is 4.60 Å². The molecule has 0 spiro atoms. The molecule has 1 aromatic rings. The number of aromatic amines is 1. The molecule has 11 heavy (non-hydrogen) atoms. The van der Waals surface area contributed by atoms with Crippen LogP contribution in [0.2, 0.25) is 0 Å². The quantitative estimate of drug-likeness (QED) is 0.727. The highest BCUT2D eigenvalue weighted by atomic mass is 79.9. The second-order valence-electron chi connectivity index (χ2n) is 1.93. The molecule has 0 unspecified atom stereocenters. The van der Waals surface area contributed by atoms with Gasteiger partial charge in [-0.1, -0.05) is 0 Å². The standard InChI is InChI=1S/C6H4BrF2NO/c7-4-1-3(6(8)9)2-5(11)10-4/h1-2,6H,(H,10,11). The maximum atomic E-state index is 12.0. The van der Waals surface area contributed by atoms with Crippen LogP contribution in [0.5, 0.6) is 0 Å². The Morgan fingerprint density at radius 1 is 1.45 bits per heavy atom. The number of hydrogen-bond acceptors (Lipinski definition) is 1. The molecule has 0 aromatic carbocycles. The van der Waals surface area contributed by atoms with Gasteiger partial charge in [0.1, 0.15) is 0 Å². The lowest BCUT2D eigenvalue weighted by atomic mass is 10.3. The van der Waals surface area contributed by atoms with Gasteiger partial charge in [-0.05, 0) is 22.0 Å². The normalized spacial score (nSPS) is 10.5. The van der Waals surface area contributed by atoms with Crippen molar-refractivity contribution >= 4 is 15.9 Å². The fraction of sp³-hybridized carbons (Fsp3) is 0.167. The van der Waals surface area contributed by atoms with E-state index >= 15 is 0 Å². The van der Waals surface area contributed by atoms with Gasteiger partial charge >= 0.3 is 0 Å². The molecule has 0 saturated heterocycles. The van der Waals surface area contributed by atoms with Gasteiger partial charge in [-0.15, -0.1) is 0 Å². The van der Waals surface area contributed by atoms with E-state index in [9.17, 15) is 13.6 Å². The molecular formula is C6H4BrF2NO. The van der Waals surface area contributed by atoms with E-state index in [1.54, 1.807) is 0 Å². The maximum absolute atomic E-state index is 12.0. The van der Waals surface area contributed by atoms with Gasteiger partial charge in [-0.2, -0.15) is 0 Å². The van der Waals surface area contributed by atoms with Gasteiger partial charge in [0.15, 0.2) is 0 Å². The third-order valence-corrected chi connectivity index (χ3v) is 1.51. The van der Waals surface area contributed by atoms with Gasteiger partial charge in [0.25, 0.3) is 6.43 Å². The molecular weight excluding hydrogens is 220 g/mol. The summed E-state index contributed by atoms with van der Waals surface area (Å²) < 4.78 is 24.2. The van der Waals surface area contributed by atoms with Crippen molar-refractivity contribution in [2.75, 3.05) is 0 Å². The van der Waals surface area contributed by atoms with Gasteiger partial charge in [0, 0.05) is 11.6 Å².